The van der Waals surface area contributed by atoms with Crippen molar-refractivity contribution in [3.63, 3.8) is 0 Å². The van der Waals surface area contributed by atoms with Gasteiger partial charge in [-0.15, -0.1) is 0 Å². The lowest BCUT2D eigenvalue weighted by Gasteiger charge is -2.26. The van der Waals surface area contributed by atoms with Crippen LogP contribution in [0.2, 0.25) is 0 Å². The zero-order chi connectivity index (χ0) is 13.9. The Labute approximate surface area is 118 Å². The van der Waals surface area contributed by atoms with Crippen LogP contribution in [0.25, 0.3) is 0 Å². The Balaban J connectivity index is 1.75. The van der Waals surface area contributed by atoms with E-state index in [1.165, 1.54) is 5.56 Å². The van der Waals surface area contributed by atoms with Gasteiger partial charge in [0.15, 0.2) is 11.6 Å². The van der Waals surface area contributed by atoms with Gasteiger partial charge in [-0.2, -0.15) is 0 Å². The van der Waals surface area contributed by atoms with Gasteiger partial charge in [0.05, 0.1) is 6.61 Å². The molecule has 3 rings (SSSR count). The number of benzene rings is 2. The van der Waals surface area contributed by atoms with Crippen LogP contribution in [0, 0.1) is 12.7 Å². The molecule has 1 aliphatic heterocycles. The van der Waals surface area contributed by atoms with E-state index in [1.807, 2.05) is 12.1 Å². The summed E-state index contributed by atoms with van der Waals surface area (Å²) in [5.74, 6) is -0.00625. The quantitative estimate of drug-likeness (QED) is 0.845. The van der Waals surface area contributed by atoms with E-state index in [-0.39, 0.29) is 17.7 Å². The summed E-state index contributed by atoms with van der Waals surface area (Å²) < 4.78 is 25.2. The molecule has 0 aliphatic carbocycles. The summed E-state index contributed by atoms with van der Waals surface area (Å²) >= 11 is 0. The number of ether oxygens (including phenoxy) is 2. The second-order valence-corrected chi connectivity index (χ2v) is 5.01. The molecule has 0 saturated heterocycles. The molecule has 20 heavy (non-hydrogen) atoms. The average Bonchev–Trinajstić information content (AvgIpc) is 2.49. The molecule has 2 aromatic rings. The molecule has 1 heterocycles. The monoisotopic (exact) mass is 272 g/mol. The first-order valence-corrected chi connectivity index (χ1v) is 6.83. The van der Waals surface area contributed by atoms with Gasteiger partial charge in [0.1, 0.15) is 12.7 Å². The highest BCUT2D eigenvalue weighted by Crippen LogP contribution is 2.28. The van der Waals surface area contributed by atoms with E-state index < -0.39 is 0 Å². The van der Waals surface area contributed by atoms with Gasteiger partial charge in [0.2, 0.25) is 0 Å². The summed E-state index contributed by atoms with van der Waals surface area (Å²) in [6.07, 6.45) is 0.797. The van der Waals surface area contributed by atoms with E-state index in [0.717, 1.165) is 12.0 Å². The van der Waals surface area contributed by atoms with Crippen LogP contribution in [0.3, 0.4) is 0 Å². The zero-order valence-electron chi connectivity index (χ0n) is 11.4. The predicted octanol–water partition coefficient (Wildman–Crippen LogP) is 3.83. The topological polar surface area (TPSA) is 18.5 Å². The SMILES string of the molecule is Cc1cccc(OCC2OCCc3ccccc32)c1F. The normalized spacial score (nSPS) is 17.6. The van der Waals surface area contributed by atoms with Gasteiger partial charge < -0.3 is 9.47 Å². The summed E-state index contributed by atoms with van der Waals surface area (Å²) in [5.41, 5.74) is 3.02. The molecule has 0 spiro atoms. The van der Waals surface area contributed by atoms with Gasteiger partial charge in [-0.25, -0.2) is 4.39 Å². The van der Waals surface area contributed by atoms with Gasteiger partial charge in [0, 0.05) is 0 Å². The molecule has 3 heteroatoms. The molecule has 0 amide bonds. The van der Waals surface area contributed by atoms with Crippen molar-refractivity contribution in [1.82, 2.24) is 0 Å². The third kappa shape index (κ3) is 2.54. The highest BCUT2D eigenvalue weighted by Gasteiger charge is 2.21. The third-order valence-corrected chi connectivity index (χ3v) is 3.64. The van der Waals surface area contributed by atoms with Crippen LogP contribution in [0.15, 0.2) is 42.5 Å². The van der Waals surface area contributed by atoms with Crippen LogP contribution in [0.4, 0.5) is 4.39 Å². The summed E-state index contributed by atoms with van der Waals surface area (Å²) in [6.45, 7) is 2.74. The minimum absolute atomic E-state index is 0.125. The molecule has 0 fully saturated rings. The third-order valence-electron chi connectivity index (χ3n) is 3.64. The van der Waals surface area contributed by atoms with Crippen molar-refractivity contribution >= 4 is 0 Å². The molecule has 2 nitrogen and oxygen atoms in total. The van der Waals surface area contributed by atoms with Crippen molar-refractivity contribution in [2.45, 2.75) is 19.4 Å². The summed E-state index contributed by atoms with van der Waals surface area (Å²) in [4.78, 5) is 0. The van der Waals surface area contributed by atoms with Crippen molar-refractivity contribution in [3.05, 3.63) is 65.0 Å². The molecular formula is C17H17FO2. The van der Waals surface area contributed by atoms with Crippen LogP contribution in [-0.4, -0.2) is 13.2 Å². The molecule has 0 radical (unpaired) electrons. The lowest BCUT2D eigenvalue weighted by Crippen LogP contribution is -2.21. The van der Waals surface area contributed by atoms with Crippen LogP contribution in [-0.2, 0) is 11.2 Å². The van der Waals surface area contributed by atoms with Gasteiger partial charge >= 0.3 is 0 Å². The number of fused-ring (bicyclic) bond motifs is 1. The largest absolute Gasteiger partial charge is 0.487 e. The Kier molecular flexibility index (Phi) is 3.70. The van der Waals surface area contributed by atoms with Gasteiger partial charge in [-0.05, 0) is 36.1 Å². The van der Waals surface area contributed by atoms with Gasteiger partial charge in [-0.3, -0.25) is 0 Å². The van der Waals surface area contributed by atoms with E-state index >= 15 is 0 Å². The van der Waals surface area contributed by atoms with E-state index in [2.05, 4.69) is 12.1 Å². The first-order chi connectivity index (χ1) is 9.75. The van der Waals surface area contributed by atoms with Crippen LogP contribution in [0.1, 0.15) is 22.8 Å². The first kappa shape index (κ1) is 13.1. The standard InChI is InChI=1S/C17H17FO2/c1-12-5-4-8-15(17(12)18)20-11-16-14-7-3-2-6-13(14)9-10-19-16/h2-8,16H,9-11H2,1H3. The highest BCUT2D eigenvalue weighted by molar-refractivity contribution is 5.32. The molecule has 1 aliphatic rings. The average molecular weight is 272 g/mol. The maximum Gasteiger partial charge on any atom is 0.167 e. The summed E-state index contributed by atoms with van der Waals surface area (Å²) in [6, 6.07) is 13.4. The zero-order valence-corrected chi connectivity index (χ0v) is 11.4. The van der Waals surface area contributed by atoms with Crippen molar-refractivity contribution < 1.29 is 13.9 Å². The molecule has 104 valence electrons. The van der Waals surface area contributed by atoms with E-state index in [1.54, 1.807) is 25.1 Å². The molecule has 0 bridgehead atoms. The highest BCUT2D eigenvalue weighted by atomic mass is 19.1. The van der Waals surface area contributed by atoms with Crippen LogP contribution >= 0.6 is 0 Å². The predicted molar refractivity (Wildman–Crippen MR) is 75.5 cm³/mol. The number of rotatable bonds is 3. The van der Waals surface area contributed by atoms with Crippen molar-refractivity contribution in [2.75, 3.05) is 13.2 Å². The number of hydrogen-bond donors (Lipinski definition) is 0. The van der Waals surface area contributed by atoms with Crippen molar-refractivity contribution in [1.29, 1.82) is 0 Å². The van der Waals surface area contributed by atoms with Gasteiger partial charge in [-0.1, -0.05) is 36.4 Å². The fourth-order valence-corrected chi connectivity index (χ4v) is 2.51. The Morgan fingerprint density at radius 2 is 2.05 bits per heavy atom. The smallest absolute Gasteiger partial charge is 0.167 e. The molecule has 0 N–H and O–H groups in total. The molecule has 2 aromatic carbocycles. The maximum atomic E-state index is 13.9. The Bertz CT molecular complexity index is 610. The number of hydrogen-bond acceptors (Lipinski definition) is 2. The van der Waals surface area contributed by atoms with E-state index in [4.69, 9.17) is 9.47 Å². The molecule has 0 saturated carbocycles. The van der Waals surface area contributed by atoms with Crippen LogP contribution < -0.4 is 4.74 Å². The second-order valence-electron chi connectivity index (χ2n) is 5.01. The van der Waals surface area contributed by atoms with Gasteiger partial charge in [0.25, 0.3) is 0 Å². The minimum Gasteiger partial charge on any atom is -0.487 e. The molecule has 1 unspecified atom stereocenters. The fourth-order valence-electron chi connectivity index (χ4n) is 2.51. The van der Waals surface area contributed by atoms with E-state index in [0.29, 0.717) is 18.8 Å². The Hall–Kier alpha value is -1.87. The minimum atomic E-state index is -0.295. The fraction of sp³-hybridized carbons (Fsp3) is 0.294. The molecule has 0 aromatic heterocycles. The lowest BCUT2D eigenvalue weighted by molar-refractivity contribution is 0.00933. The van der Waals surface area contributed by atoms with E-state index in [9.17, 15) is 4.39 Å². The van der Waals surface area contributed by atoms with Crippen LogP contribution in [0.5, 0.6) is 5.75 Å². The number of aryl methyl sites for hydroxylation is 1. The maximum absolute atomic E-state index is 13.9. The summed E-state index contributed by atoms with van der Waals surface area (Å²) in [7, 11) is 0. The Morgan fingerprint density at radius 3 is 2.95 bits per heavy atom. The van der Waals surface area contributed by atoms with Crippen molar-refractivity contribution in [2.24, 2.45) is 0 Å². The second kappa shape index (κ2) is 5.63. The summed E-state index contributed by atoms with van der Waals surface area (Å²) in [5, 5.41) is 0. The lowest BCUT2D eigenvalue weighted by atomic mass is 9.98. The Morgan fingerprint density at radius 1 is 1.20 bits per heavy atom. The molecule has 1 atom stereocenters. The number of halogens is 1. The van der Waals surface area contributed by atoms with Crippen molar-refractivity contribution in [3.8, 4) is 5.75 Å². The molecular weight excluding hydrogens is 255 g/mol. The first-order valence-electron chi connectivity index (χ1n) is 6.83.